The van der Waals surface area contributed by atoms with Crippen LogP contribution in [0.3, 0.4) is 0 Å². The van der Waals surface area contributed by atoms with Crippen molar-refractivity contribution in [1.29, 1.82) is 0 Å². The lowest BCUT2D eigenvalue weighted by atomic mass is 10.0. The minimum Gasteiger partial charge on any atom is -0.311 e. The fraction of sp³-hybridized carbons (Fsp3) is 0. The molecule has 0 atom stereocenters. The van der Waals surface area contributed by atoms with Crippen LogP contribution in [0.1, 0.15) is 9.67 Å². The fourth-order valence-corrected chi connectivity index (χ4v) is 5.86. The molecule has 0 aliphatic carbocycles. The fourth-order valence-electron chi connectivity index (χ4n) is 5.06. The van der Waals surface area contributed by atoms with Gasteiger partial charge in [0.05, 0.1) is 15.9 Å². The van der Waals surface area contributed by atoms with Gasteiger partial charge in [-0.25, -0.2) is 0 Å². The molecule has 0 saturated carbocycles. The molecule has 0 aliphatic heterocycles. The van der Waals surface area contributed by atoms with Gasteiger partial charge in [0, 0.05) is 56.2 Å². The number of carbonyl (C=O) groups excluding carboxylic acids is 1. The monoisotopic (exact) mass is 533 g/mol. The Labute approximate surface area is 235 Å². The molecular formula is C35H23N3OS. The van der Waals surface area contributed by atoms with Crippen LogP contribution in [-0.2, 0) is 0 Å². The number of thiophene rings is 1. The lowest BCUT2D eigenvalue weighted by molar-refractivity contribution is 0.112. The molecule has 0 bridgehead atoms. The first-order chi connectivity index (χ1) is 19.8. The topological polar surface area (TPSA) is 46.1 Å². The van der Waals surface area contributed by atoms with E-state index >= 15 is 0 Å². The van der Waals surface area contributed by atoms with Gasteiger partial charge < -0.3 is 4.90 Å². The van der Waals surface area contributed by atoms with Gasteiger partial charge in [-0.15, -0.1) is 11.3 Å². The van der Waals surface area contributed by atoms with Crippen molar-refractivity contribution < 1.29 is 4.79 Å². The van der Waals surface area contributed by atoms with Gasteiger partial charge in [0.25, 0.3) is 0 Å². The number of anilines is 3. The van der Waals surface area contributed by atoms with Gasteiger partial charge in [0.15, 0.2) is 6.29 Å². The second kappa shape index (κ2) is 10.2. The first-order valence-electron chi connectivity index (χ1n) is 13.0. The summed E-state index contributed by atoms with van der Waals surface area (Å²) >= 11 is 1.47. The second-order valence-electron chi connectivity index (χ2n) is 9.53. The van der Waals surface area contributed by atoms with E-state index in [1.807, 2.05) is 36.7 Å². The molecule has 0 radical (unpaired) electrons. The molecule has 190 valence electrons. The number of rotatable bonds is 6. The molecule has 4 nitrogen and oxygen atoms in total. The Hall–Kier alpha value is -5.13. The first-order valence-corrected chi connectivity index (χ1v) is 13.8. The predicted octanol–water partition coefficient (Wildman–Crippen LogP) is 9.46. The summed E-state index contributed by atoms with van der Waals surface area (Å²) in [6.45, 7) is 0. The molecule has 3 heterocycles. The highest BCUT2D eigenvalue weighted by atomic mass is 32.1. The van der Waals surface area contributed by atoms with Gasteiger partial charge in [0.2, 0.25) is 0 Å². The van der Waals surface area contributed by atoms with Crippen molar-refractivity contribution in [3.8, 4) is 21.6 Å². The molecule has 7 rings (SSSR count). The zero-order chi connectivity index (χ0) is 26.9. The highest BCUT2D eigenvalue weighted by molar-refractivity contribution is 7.17. The third-order valence-electron chi connectivity index (χ3n) is 7.02. The molecule has 0 N–H and O–H groups in total. The number of fused-ring (bicyclic) bond motifs is 3. The van der Waals surface area contributed by atoms with Gasteiger partial charge >= 0.3 is 0 Å². The molecule has 0 aliphatic rings. The Bertz CT molecular complexity index is 1930. The van der Waals surface area contributed by atoms with Crippen LogP contribution in [0.2, 0.25) is 0 Å². The maximum absolute atomic E-state index is 11.1. The molecule has 4 aromatic carbocycles. The largest absolute Gasteiger partial charge is 0.311 e. The molecule has 40 heavy (non-hydrogen) atoms. The van der Waals surface area contributed by atoms with Crippen molar-refractivity contribution in [2.45, 2.75) is 0 Å². The first kappa shape index (κ1) is 23.9. The van der Waals surface area contributed by atoms with Crippen LogP contribution in [0.4, 0.5) is 17.1 Å². The number of nitrogens with zero attached hydrogens (tertiary/aromatic N) is 3. The highest BCUT2D eigenvalue weighted by Crippen LogP contribution is 2.36. The third-order valence-corrected chi connectivity index (χ3v) is 8.08. The van der Waals surface area contributed by atoms with E-state index in [0.29, 0.717) is 4.88 Å². The average molecular weight is 534 g/mol. The van der Waals surface area contributed by atoms with Crippen LogP contribution < -0.4 is 4.90 Å². The number of aromatic nitrogens is 2. The van der Waals surface area contributed by atoms with Gasteiger partial charge in [-0.2, -0.15) is 0 Å². The zero-order valence-corrected chi connectivity index (χ0v) is 22.3. The van der Waals surface area contributed by atoms with E-state index in [-0.39, 0.29) is 0 Å². The summed E-state index contributed by atoms with van der Waals surface area (Å²) in [7, 11) is 0. The van der Waals surface area contributed by atoms with Crippen molar-refractivity contribution >= 4 is 56.5 Å². The molecule has 0 saturated heterocycles. The zero-order valence-electron chi connectivity index (χ0n) is 21.4. The van der Waals surface area contributed by atoms with Crippen molar-refractivity contribution in [3.63, 3.8) is 0 Å². The Morgan fingerprint density at radius 3 is 1.68 bits per heavy atom. The Morgan fingerprint density at radius 1 is 0.550 bits per heavy atom. The summed E-state index contributed by atoms with van der Waals surface area (Å²) in [6.07, 6.45) is 4.67. The number of para-hydroxylation sites is 2. The van der Waals surface area contributed by atoms with Crippen LogP contribution in [-0.4, -0.2) is 16.3 Å². The smallest absolute Gasteiger partial charge is 0.160 e. The number of benzene rings is 4. The summed E-state index contributed by atoms with van der Waals surface area (Å²) in [5.41, 5.74) is 8.22. The summed E-state index contributed by atoms with van der Waals surface area (Å²) < 4.78 is 0. The maximum atomic E-state index is 11.1. The Balaban J connectivity index is 1.22. The van der Waals surface area contributed by atoms with Crippen LogP contribution in [0.25, 0.3) is 43.4 Å². The molecule has 0 unspecified atom stereocenters. The highest BCUT2D eigenvalue weighted by Gasteiger charge is 2.13. The molecule has 7 aromatic rings. The van der Waals surface area contributed by atoms with Crippen molar-refractivity contribution in [1.82, 2.24) is 9.97 Å². The van der Waals surface area contributed by atoms with E-state index in [4.69, 9.17) is 9.97 Å². The number of hydrogen-bond acceptors (Lipinski definition) is 5. The summed E-state index contributed by atoms with van der Waals surface area (Å²) in [5.74, 6) is 0. The van der Waals surface area contributed by atoms with E-state index in [1.54, 1.807) is 0 Å². The molecule has 5 heteroatoms. The molecule has 3 aromatic heterocycles. The second-order valence-corrected chi connectivity index (χ2v) is 10.6. The van der Waals surface area contributed by atoms with Crippen LogP contribution in [0.5, 0.6) is 0 Å². The Morgan fingerprint density at radius 2 is 1.10 bits per heavy atom. The maximum Gasteiger partial charge on any atom is 0.160 e. The minimum absolute atomic E-state index is 0.712. The Kier molecular flexibility index (Phi) is 6.11. The van der Waals surface area contributed by atoms with Gasteiger partial charge in [-0.3, -0.25) is 14.8 Å². The van der Waals surface area contributed by atoms with Gasteiger partial charge in [-0.05, 0) is 66.2 Å². The molecule has 0 fully saturated rings. The van der Waals surface area contributed by atoms with Crippen molar-refractivity contribution in [2.75, 3.05) is 4.90 Å². The predicted molar refractivity (Wildman–Crippen MR) is 166 cm³/mol. The quantitative estimate of drug-likeness (QED) is 0.158. The molecule has 0 amide bonds. The van der Waals surface area contributed by atoms with E-state index < -0.39 is 0 Å². The van der Waals surface area contributed by atoms with Crippen LogP contribution in [0.15, 0.2) is 134 Å². The summed E-state index contributed by atoms with van der Waals surface area (Å²) in [4.78, 5) is 24.7. The molecular weight excluding hydrogens is 510 g/mol. The number of hydrogen-bond donors (Lipinski definition) is 0. The number of pyridine rings is 2. The SMILES string of the molecule is O=Cc1ccc(-c2cnc3c(ccc4cc(-c5ccc(N(c6ccccc6)c6ccccc6)cc5)cnc43)c2)s1. The van der Waals surface area contributed by atoms with E-state index in [1.165, 1.54) is 11.3 Å². The third kappa shape index (κ3) is 4.42. The van der Waals surface area contributed by atoms with Crippen molar-refractivity contribution in [2.24, 2.45) is 0 Å². The van der Waals surface area contributed by atoms with Crippen LogP contribution in [0, 0.1) is 0 Å². The van der Waals surface area contributed by atoms with Crippen LogP contribution >= 0.6 is 11.3 Å². The summed E-state index contributed by atoms with van der Waals surface area (Å²) in [5, 5.41) is 2.07. The minimum atomic E-state index is 0.712. The lowest BCUT2D eigenvalue weighted by Gasteiger charge is -2.25. The summed E-state index contributed by atoms with van der Waals surface area (Å²) in [6, 6.07) is 41.7. The molecule has 0 spiro atoms. The average Bonchev–Trinajstić information content (AvgIpc) is 3.52. The normalized spacial score (nSPS) is 11.1. The standard InChI is InChI=1S/C35H23N3OS/c39-23-32-17-18-33(40-32)28-20-26-12-11-25-19-27(21-36-34(25)35(26)37-22-28)24-13-15-31(16-14-24)38(29-7-3-1-4-8-29)30-9-5-2-6-10-30/h1-23H. The van der Waals surface area contributed by atoms with E-state index in [0.717, 1.165) is 66.7 Å². The van der Waals surface area contributed by atoms with Gasteiger partial charge in [0.1, 0.15) is 0 Å². The lowest BCUT2D eigenvalue weighted by Crippen LogP contribution is -2.09. The number of carbonyl (C=O) groups is 1. The van der Waals surface area contributed by atoms with Crippen molar-refractivity contribution in [3.05, 3.63) is 139 Å². The number of aldehydes is 1. The van der Waals surface area contributed by atoms with E-state index in [2.05, 4.69) is 102 Å². The van der Waals surface area contributed by atoms with Gasteiger partial charge in [-0.1, -0.05) is 60.7 Å². The van der Waals surface area contributed by atoms with E-state index in [9.17, 15) is 4.79 Å².